The van der Waals surface area contributed by atoms with E-state index in [0.29, 0.717) is 39.1 Å². The molecule has 580 valence electrons. The first-order valence-corrected chi connectivity index (χ1v) is 42.1. The average Bonchev–Trinajstić information content (AvgIpc) is 1.55. The number of nitrogens with zero attached hydrogens (tertiary/aromatic N) is 6. The van der Waals surface area contributed by atoms with Crippen LogP contribution in [0.5, 0.6) is 23.0 Å². The second-order valence-corrected chi connectivity index (χ2v) is 32.1. The minimum atomic E-state index is -0.740. The molecule has 0 bridgehead atoms. The third-order valence-corrected chi connectivity index (χ3v) is 26.0. The Labute approximate surface area is 691 Å². The van der Waals surface area contributed by atoms with E-state index in [1.54, 1.807) is 65.1 Å². The summed E-state index contributed by atoms with van der Waals surface area (Å²) in [6.07, 6.45) is 3.53. The number of benzene rings is 14. The van der Waals surface area contributed by atoms with Crippen LogP contribution in [0.15, 0.2) is 300 Å². The van der Waals surface area contributed by atoms with Gasteiger partial charge < -0.3 is 38.1 Å². The number of rotatable bonds is 24. The first-order chi connectivity index (χ1) is 57.8. The van der Waals surface area contributed by atoms with Crippen molar-refractivity contribution < 1.29 is 33.0 Å². The highest BCUT2D eigenvalue weighted by Crippen LogP contribution is 2.58. The van der Waals surface area contributed by atoms with Crippen molar-refractivity contribution in [3.8, 4) is 77.8 Å². The predicted molar refractivity (Wildman–Crippen MR) is 478 cm³/mol. The lowest BCUT2D eigenvalue weighted by Crippen LogP contribution is -2.23. The second-order valence-electron chi connectivity index (χ2n) is 30.1. The van der Waals surface area contributed by atoms with Gasteiger partial charge in [-0.1, -0.05) is 137 Å². The van der Waals surface area contributed by atoms with Crippen molar-refractivity contribution in [1.29, 1.82) is 0 Å². The number of para-hydroxylation sites is 4. The third-order valence-electron chi connectivity index (χ3n) is 23.8. The zero-order valence-electron chi connectivity index (χ0n) is 66.1. The molecular weight excluding hydrogens is 1500 g/mol. The monoisotopic (exact) mass is 1580 g/mol. The number of esters is 2. The first-order valence-electron chi connectivity index (χ1n) is 40.4. The molecule has 0 atom stereocenters. The number of ether oxygens (including phenoxy) is 4. The molecule has 4 aliphatic rings. The zero-order valence-corrected chi connectivity index (χ0v) is 67.8. The van der Waals surface area contributed by atoms with E-state index in [2.05, 4.69) is 190 Å². The fourth-order valence-corrected chi connectivity index (χ4v) is 19.8. The highest BCUT2D eigenvalue weighted by atomic mass is 32.1. The minimum Gasteiger partial charge on any atom is -0.490 e. The molecule has 16 heteroatoms. The largest absolute Gasteiger partial charge is 0.490 e. The second kappa shape index (κ2) is 30.9. The van der Waals surface area contributed by atoms with Crippen molar-refractivity contribution in [1.82, 2.24) is 15.0 Å². The molecule has 0 radical (unpaired) electrons. The van der Waals surface area contributed by atoms with Gasteiger partial charge in [-0.15, -0.1) is 22.7 Å². The minimum absolute atomic E-state index is 0.0234. The molecule has 13 aromatic carbocycles. The molecule has 0 unspecified atom stereocenters. The number of fused-ring (bicyclic) bond motifs is 12. The van der Waals surface area contributed by atoms with E-state index in [1.807, 2.05) is 103 Å². The molecule has 2 aromatic heterocycles. The molecule has 15 aromatic rings. The Bertz CT molecular complexity index is 6430. The molecule has 0 amide bonds. The van der Waals surface area contributed by atoms with Gasteiger partial charge in [-0.3, -0.25) is 4.79 Å². The summed E-state index contributed by atoms with van der Waals surface area (Å²) in [7, 11) is 0. The molecule has 19 rings (SSSR count). The first kappa shape index (κ1) is 74.6. The maximum atomic E-state index is 15.1. The lowest BCUT2D eigenvalue weighted by Gasteiger charge is -2.32. The summed E-state index contributed by atoms with van der Waals surface area (Å²) < 4.78 is 34.4. The van der Waals surface area contributed by atoms with Crippen LogP contribution in [0.1, 0.15) is 110 Å². The van der Waals surface area contributed by atoms with Crippen LogP contribution in [0.25, 0.3) is 97.2 Å². The molecule has 0 N–H and O–H groups in total. The zero-order chi connectivity index (χ0) is 80.3. The van der Waals surface area contributed by atoms with Gasteiger partial charge in [-0.25, -0.2) is 24.5 Å². The Morgan fingerprint density at radius 1 is 0.373 bits per heavy atom. The van der Waals surface area contributed by atoms with Gasteiger partial charge in [0.05, 0.1) is 31.6 Å². The van der Waals surface area contributed by atoms with Gasteiger partial charge in [0.2, 0.25) is 0 Å². The van der Waals surface area contributed by atoms with Crippen LogP contribution in [0.2, 0.25) is 0 Å². The van der Waals surface area contributed by atoms with Crippen LogP contribution in [0.3, 0.4) is 0 Å². The molecule has 0 fully saturated rings. The molecule has 14 nitrogen and oxygen atoms in total. The summed E-state index contributed by atoms with van der Waals surface area (Å²) in [4.78, 5) is 65.7. The van der Waals surface area contributed by atoms with E-state index in [4.69, 9.17) is 38.3 Å². The van der Waals surface area contributed by atoms with Crippen molar-refractivity contribution in [2.24, 2.45) is 0 Å². The standard InChI is InChI=1S/C102H82N6O8S2/c1-7-101(8-2)84-54-63(97-104-89-33-19-21-35-94(89)117-97)37-43-78(84)80-45-39-72(58-86(80)101)107(67-25-15-13-16-26-67)70-29-23-31-75(56-70)114-99(110)65-51-66(53-77(52-65)113-50-49-112-74-42-47-82-83(61-74)96-93(62-91(82)109)116-92-60-69(106(11-5)12-6)41-48-88(92)103-96)100(111)115-76-32-24-30-71(57-76)108(68-27-17-14-18-28-68)73-40-46-81-79-44-38-64(98-105-90-34-20-22-36-95(90)118-98)55-85(79)102(9-3,10-4)87(81)59-73/h13-48,51-62H,7-12,49-50H2,1-6H3. The van der Waals surface area contributed by atoms with Gasteiger partial charge in [0.25, 0.3) is 0 Å². The number of carbonyl (C=O) groups is 2. The van der Waals surface area contributed by atoms with Crippen molar-refractivity contribution >= 4 is 117 Å². The van der Waals surface area contributed by atoms with E-state index in [1.165, 1.54) is 56.6 Å². The van der Waals surface area contributed by atoms with E-state index in [0.717, 1.165) is 120 Å². The average molecular weight is 1580 g/mol. The number of carbonyl (C=O) groups excluding carboxylic acids is 2. The number of hydrogen-bond acceptors (Lipinski definition) is 16. The maximum absolute atomic E-state index is 15.1. The van der Waals surface area contributed by atoms with Gasteiger partial charge in [-0.2, -0.15) is 0 Å². The van der Waals surface area contributed by atoms with Gasteiger partial charge >= 0.3 is 11.9 Å². The van der Waals surface area contributed by atoms with Gasteiger partial charge in [0.15, 0.2) is 16.8 Å². The van der Waals surface area contributed by atoms with Crippen molar-refractivity contribution in [3.05, 3.63) is 335 Å². The highest BCUT2D eigenvalue weighted by molar-refractivity contribution is 7.22. The third kappa shape index (κ3) is 13.3. The summed E-state index contributed by atoms with van der Waals surface area (Å²) in [5.74, 6) is 0.0667. The molecule has 0 saturated carbocycles. The lowest BCUT2D eigenvalue weighted by atomic mass is 9.73. The van der Waals surface area contributed by atoms with E-state index >= 15 is 9.59 Å². The fraction of sp³-hybridized carbons (Fsp3) is 0.157. The number of hydrogen-bond donors (Lipinski definition) is 0. The van der Waals surface area contributed by atoms with Crippen LogP contribution in [0.4, 0.5) is 39.8 Å². The number of thiazole rings is 2. The summed E-state index contributed by atoms with van der Waals surface area (Å²) in [6.45, 7) is 15.0. The van der Waals surface area contributed by atoms with Crippen molar-refractivity contribution in [2.75, 3.05) is 41.0 Å². The lowest BCUT2D eigenvalue weighted by molar-refractivity contribution is 0.0733. The molecule has 3 aliphatic carbocycles. The number of anilines is 7. The van der Waals surface area contributed by atoms with Crippen molar-refractivity contribution in [3.63, 3.8) is 0 Å². The fourth-order valence-electron chi connectivity index (χ4n) is 17.8. The SMILES string of the molecule is CCN(CC)c1ccc2nc3c4cc(OCCOc5cc(C(=O)Oc6cccc(N(c7ccccc7)c7ccc8c(c7)C(CC)(CC)c7cc(-c9nc%10ccccc%10s9)ccc7-8)c6)cc(C(=O)Oc6cccc(N(c7ccccc7)c7ccc8c(c7)C(CC)(CC)c7cc(-c9nc%10ccccc%10s9)ccc7-8)c6)c5)ccc4c(=O)cc-3oc2c1. The summed E-state index contributed by atoms with van der Waals surface area (Å²) in [6, 6.07) is 96.4. The Kier molecular flexibility index (Phi) is 19.5. The van der Waals surface area contributed by atoms with E-state index in [9.17, 15) is 4.79 Å². The molecule has 0 saturated heterocycles. The van der Waals surface area contributed by atoms with Gasteiger partial charge in [0, 0.05) is 110 Å². The quantitative estimate of drug-likeness (QED) is 0.0186. The topological polar surface area (TPSA) is 150 Å². The molecule has 3 heterocycles. The molecule has 118 heavy (non-hydrogen) atoms. The normalized spacial score (nSPS) is 12.8. The Hall–Kier alpha value is -13.5. The Morgan fingerprint density at radius 2 is 0.831 bits per heavy atom. The van der Waals surface area contributed by atoms with Gasteiger partial charge in [-0.05, 0) is 242 Å². The predicted octanol–water partition coefficient (Wildman–Crippen LogP) is 25.9. The summed E-state index contributed by atoms with van der Waals surface area (Å²) in [5, 5.41) is 3.05. The number of aromatic nitrogens is 3. The van der Waals surface area contributed by atoms with Crippen LogP contribution in [-0.4, -0.2) is 53.2 Å². The molecular formula is C102H82N6O8S2. The summed E-state index contributed by atoms with van der Waals surface area (Å²) in [5.41, 5.74) is 21.4. The van der Waals surface area contributed by atoms with Crippen LogP contribution >= 0.6 is 22.7 Å². The van der Waals surface area contributed by atoms with Gasteiger partial charge in [0.1, 0.15) is 57.4 Å². The summed E-state index contributed by atoms with van der Waals surface area (Å²) >= 11 is 3.44. The van der Waals surface area contributed by atoms with Crippen LogP contribution < -0.4 is 39.1 Å². The van der Waals surface area contributed by atoms with E-state index < -0.39 is 11.9 Å². The maximum Gasteiger partial charge on any atom is 0.343 e. The highest BCUT2D eigenvalue weighted by Gasteiger charge is 2.43. The van der Waals surface area contributed by atoms with Crippen LogP contribution in [-0.2, 0) is 10.8 Å². The molecule has 1 aliphatic heterocycles. The van der Waals surface area contributed by atoms with Crippen LogP contribution in [0, 0.1) is 0 Å². The Balaban J connectivity index is 0.630. The van der Waals surface area contributed by atoms with E-state index in [-0.39, 0.29) is 57.8 Å². The molecule has 0 spiro atoms. The van der Waals surface area contributed by atoms with Crippen molar-refractivity contribution in [2.45, 2.75) is 78.1 Å². The smallest absolute Gasteiger partial charge is 0.343 e. The Morgan fingerprint density at radius 3 is 1.33 bits per heavy atom.